The zero-order chi connectivity index (χ0) is 19.6. The number of nitrogens with two attached hydrogens (primary N) is 2. The summed E-state index contributed by atoms with van der Waals surface area (Å²) in [6.45, 7) is 0.920. The Balaban J connectivity index is 3.47. The van der Waals surface area contributed by atoms with E-state index >= 15 is 0 Å². The van der Waals surface area contributed by atoms with Crippen LogP contribution in [-0.2, 0) is 19.1 Å². The van der Waals surface area contributed by atoms with Crippen molar-refractivity contribution < 1.29 is 28.7 Å². The van der Waals surface area contributed by atoms with Gasteiger partial charge in [0.1, 0.15) is 0 Å². The quantitative estimate of drug-likeness (QED) is 0.204. The minimum Gasteiger partial charge on any atom is -0.463 e. The van der Waals surface area contributed by atoms with Gasteiger partial charge in [0, 0.05) is 25.2 Å². The molecule has 0 aliphatic carbocycles. The number of carbonyl (C=O) groups excluding carboxylic acids is 4. The van der Waals surface area contributed by atoms with Gasteiger partial charge >= 0.3 is 24.0 Å². The molecule has 0 heterocycles. The summed E-state index contributed by atoms with van der Waals surface area (Å²) in [6, 6.07) is -1.32. The molecule has 0 aromatic carbocycles. The van der Waals surface area contributed by atoms with Crippen LogP contribution in [-0.4, -0.2) is 50.3 Å². The SMILES string of the molecule is NC(=O)NCC=CC(=O)OCCCCCCOC(=O)C=CCNC(N)=O. The van der Waals surface area contributed by atoms with Gasteiger partial charge in [0.2, 0.25) is 0 Å². The fourth-order valence-corrected chi connectivity index (χ4v) is 1.63. The van der Waals surface area contributed by atoms with E-state index < -0.39 is 24.0 Å². The second-order valence-electron chi connectivity index (χ2n) is 5.04. The molecule has 0 spiro atoms. The molecule has 10 heteroatoms. The van der Waals surface area contributed by atoms with Crippen LogP contribution in [0.2, 0.25) is 0 Å². The fourth-order valence-electron chi connectivity index (χ4n) is 1.63. The third-order valence-electron chi connectivity index (χ3n) is 2.82. The number of hydrogen-bond acceptors (Lipinski definition) is 6. The Labute approximate surface area is 151 Å². The fraction of sp³-hybridized carbons (Fsp3) is 0.500. The second kappa shape index (κ2) is 15.5. The van der Waals surface area contributed by atoms with Crippen molar-refractivity contribution in [1.29, 1.82) is 0 Å². The maximum absolute atomic E-state index is 11.3. The highest BCUT2D eigenvalue weighted by Crippen LogP contribution is 2.01. The molecule has 0 fully saturated rings. The van der Waals surface area contributed by atoms with Gasteiger partial charge in [-0.2, -0.15) is 0 Å². The normalized spacial score (nSPS) is 10.6. The predicted molar refractivity (Wildman–Crippen MR) is 93.8 cm³/mol. The van der Waals surface area contributed by atoms with Crippen LogP contribution in [0.4, 0.5) is 9.59 Å². The molecule has 0 saturated heterocycles. The molecule has 0 bridgehead atoms. The number of ether oxygens (including phenoxy) is 2. The van der Waals surface area contributed by atoms with Crippen LogP contribution in [0.15, 0.2) is 24.3 Å². The average molecular weight is 370 g/mol. The van der Waals surface area contributed by atoms with E-state index in [4.69, 9.17) is 20.9 Å². The predicted octanol–water partition coefficient (Wildman–Crippen LogP) is 0.0822. The highest BCUT2D eigenvalue weighted by atomic mass is 16.5. The van der Waals surface area contributed by atoms with Crippen LogP contribution in [0, 0.1) is 0 Å². The van der Waals surface area contributed by atoms with Gasteiger partial charge in [-0.25, -0.2) is 19.2 Å². The molecule has 6 N–H and O–H groups in total. The molecular weight excluding hydrogens is 344 g/mol. The first-order chi connectivity index (χ1) is 12.4. The Hall–Kier alpha value is -3.04. The molecule has 0 unspecified atom stereocenters. The standard InChI is InChI=1S/C16H26N4O6/c17-15(23)19-9-5-7-13(21)25-11-3-1-2-4-12-26-14(22)8-6-10-20-16(18)24/h5-8H,1-4,9-12H2,(H3,17,19,23)(H3,18,20,24). The largest absolute Gasteiger partial charge is 0.463 e. The highest BCUT2D eigenvalue weighted by molar-refractivity contribution is 5.82. The van der Waals surface area contributed by atoms with Crippen LogP contribution in [0.1, 0.15) is 25.7 Å². The van der Waals surface area contributed by atoms with E-state index in [1.807, 2.05) is 0 Å². The molecule has 146 valence electrons. The third-order valence-corrected chi connectivity index (χ3v) is 2.82. The highest BCUT2D eigenvalue weighted by Gasteiger charge is 1.99. The van der Waals surface area contributed by atoms with Crippen LogP contribution in [0.3, 0.4) is 0 Å². The zero-order valence-electron chi connectivity index (χ0n) is 14.6. The van der Waals surface area contributed by atoms with E-state index in [-0.39, 0.29) is 13.1 Å². The van der Waals surface area contributed by atoms with E-state index in [2.05, 4.69) is 10.6 Å². The number of amides is 4. The van der Waals surface area contributed by atoms with Gasteiger partial charge < -0.3 is 31.6 Å². The molecule has 0 aliphatic heterocycles. The summed E-state index contributed by atoms with van der Waals surface area (Å²) in [7, 11) is 0. The van der Waals surface area contributed by atoms with Gasteiger partial charge in [-0.1, -0.05) is 12.2 Å². The van der Waals surface area contributed by atoms with Crippen molar-refractivity contribution in [3.8, 4) is 0 Å². The topological polar surface area (TPSA) is 163 Å². The summed E-state index contributed by atoms with van der Waals surface area (Å²) >= 11 is 0. The van der Waals surface area contributed by atoms with Gasteiger partial charge in [-0.05, 0) is 25.7 Å². The van der Waals surface area contributed by atoms with Crippen LogP contribution < -0.4 is 22.1 Å². The van der Waals surface area contributed by atoms with Crippen LogP contribution >= 0.6 is 0 Å². The van der Waals surface area contributed by atoms with Crippen molar-refractivity contribution in [1.82, 2.24) is 10.6 Å². The smallest absolute Gasteiger partial charge is 0.330 e. The third kappa shape index (κ3) is 17.3. The lowest BCUT2D eigenvalue weighted by molar-refractivity contribution is -0.139. The number of nitrogens with one attached hydrogen (secondary N) is 2. The first-order valence-corrected chi connectivity index (χ1v) is 8.15. The lowest BCUT2D eigenvalue weighted by Gasteiger charge is -2.03. The summed E-state index contributed by atoms with van der Waals surface area (Å²) in [5.74, 6) is -0.967. The molecule has 0 atom stereocenters. The summed E-state index contributed by atoms with van der Waals surface area (Å²) < 4.78 is 9.93. The maximum atomic E-state index is 11.3. The van der Waals surface area contributed by atoms with Crippen molar-refractivity contribution in [3.63, 3.8) is 0 Å². The molecule has 10 nitrogen and oxygen atoms in total. The Morgan fingerprint density at radius 3 is 1.42 bits per heavy atom. The van der Waals surface area contributed by atoms with E-state index in [1.165, 1.54) is 24.3 Å². The molecule has 0 saturated carbocycles. The summed E-state index contributed by atoms with van der Waals surface area (Å²) in [5.41, 5.74) is 9.72. The summed E-state index contributed by atoms with van der Waals surface area (Å²) in [5, 5.41) is 4.61. The number of rotatable bonds is 13. The number of unbranched alkanes of at least 4 members (excludes halogenated alkanes) is 3. The molecule has 0 radical (unpaired) electrons. The Kier molecular flexibility index (Phi) is 13.7. The van der Waals surface area contributed by atoms with Gasteiger partial charge in [0.05, 0.1) is 13.2 Å². The molecule has 0 rings (SSSR count). The average Bonchev–Trinajstić information content (AvgIpc) is 2.57. The Bertz CT molecular complexity index is 473. The first kappa shape index (κ1) is 23.0. The Morgan fingerprint density at radius 1 is 0.692 bits per heavy atom. The molecular formula is C16H26N4O6. The van der Waals surface area contributed by atoms with Crippen LogP contribution in [0.5, 0.6) is 0 Å². The molecule has 0 aliphatic rings. The van der Waals surface area contributed by atoms with Gasteiger partial charge in [-0.15, -0.1) is 0 Å². The number of hydrogen-bond donors (Lipinski definition) is 4. The molecule has 0 aromatic rings. The molecule has 4 amide bonds. The van der Waals surface area contributed by atoms with E-state index in [9.17, 15) is 19.2 Å². The zero-order valence-corrected chi connectivity index (χ0v) is 14.6. The first-order valence-electron chi connectivity index (χ1n) is 8.15. The summed E-state index contributed by atoms with van der Waals surface area (Å²) in [4.78, 5) is 43.4. The number of urea groups is 2. The van der Waals surface area contributed by atoms with E-state index in [1.54, 1.807) is 0 Å². The lowest BCUT2D eigenvalue weighted by Crippen LogP contribution is -2.29. The number of carbonyl (C=O) groups is 4. The van der Waals surface area contributed by atoms with Crippen LogP contribution in [0.25, 0.3) is 0 Å². The van der Waals surface area contributed by atoms with Crippen molar-refractivity contribution in [2.75, 3.05) is 26.3 Å². The van der Waals surface area contributed by atoms with Gasteiger partial charge in [0.15, 0.2) is 0 Å². The molecule has 26 heavy (non-hydrogen) atoms. The monoisotopic (exact) mass is 370 g/mol. The van der Waals surface area contributed by atoms with E-state index in [0.29, 0.717) is 26.1 Å². The number of primary amides is 2. The van der Waals surface area contributed by atoms with Crippen molar-refractivity contribution in [2.45, 2.75) is 25.7 Å². The van der Waals surface area contributed by atoms with E-state index in [0.717, 1.165) is 12.8 Å². The Morgan fingerprint density at radius 2 is 1.08 bits per heavy atom. The number of esters is 2. The van der Waals surface area contributed by atoms with Crippen molar-refractivity contribution >= 4 is 24.0 Å². The second-order valence-corrected chi connectivity index (χ2v) is 5.04. The molecule has 0 aromatic heterocycles. The van der Waals surface area contributed by atoms with Crippen molar-refractivity contribution in [2.24, 2.45) is 11.5 Å². The minimum absolute atomic E-state index is 0.167. The summed E-state index contributed by atoms with van der Waals surface area (Å²) in [6.07, 6.45) is 8.40. The van der Waals surface area contributed by atoms with Crippen molar-refractivity contribution in [3.05, 3.63) is 24.3 Å². The minimum atomic E-state index is -0.662. The maximum Gasteiger partial charge on any atom is 0.330 e. The van der Waals surface area contributed by atoms with Gasteiger partial charge in [-0.3, -0.25) is 0 Å². The lowest BCUT2D eigenvalue weighted by atomic mass is 10.2. The van der Waals surface area contributed by atoms with Gasteiger partial charge in [0.25, 0.3) is 0 Å².